The Hall–Kier alpha value is -1.58. The van der Waals surface area contributed by atoms with Gasteiger partial charge in [-0.15, -0.1) is 0 Å². The van der Waals surface area contributed by atoms with Crippen LogP contribution in [0.15, 0.2) is 18.5 Å². The zero-order chi connectivity index (χ0) is 11.3. The lowest BCUT2D eigenvalue weighted by molar-refractivity contribution is -0.136. The Labute approximate surface area is 89.6 Å². The van der Waals surface area contributed by atoms with Gasteiger partial charge in [-0.1, -0.05) is 0 Å². The maximum absolute atomic E-state index is 10.7. The smallest absolute Gasteiger partial charge is 0.307 e. The molecule has 0 saturated heterocycles. The number of aromatic nitrogens is 1. The van der Waals surface area contributed by atoms with Gasteiger partial charge in [-0.3, -0.25) is 9.78 Å². The van der Waals surface area contributed by atoms with Gasteiger partial charge < -0.3 is 10.0 Å². The SMILES string of the molecule is CCN(CC)c1ccncc1CC(=O)O. The third-order valence-electron chi connectivity index (χ3n) is 2.32. The number of carbonyl (C=O) groups is 1. The normalized spacial score (nSPS) is 10.0. The Morgan fingerprint density at radius 3 is 2.67 bits per heavy atom. The number of aliphatic carboxylic acids is 1. The Morgan fingerprint density at radius 1 is 1.47 bits per heavy atom. The van der Waals surface area contributed by atoms with Crippen LogP contribution in [0.1, 0.15) is 19.4 Å². The average molecular weight is 208 g/mol. The lowest BCUT2D eigenvalue weighted by atomic mass is 10.1. The van der Waals surface area contributed by atoms with E-state index in [0.717, 1.165) is 24.3 Å². The molecule has 0 aliphatic carbocycles. The van der Waals surface area contributed by atoms with Gasteiger partial charge in [0.15, 0.2) is 0 Å². The first-order valence-electron chi connectivity index (χ1n) is 5.08. The number of rotatable bonds is 5. The summed E-state index contributed by atoms with van der Waals surface area (Å²) in [6, 6.07) is 1.87. The zero-order valence-electron chi connectivity index (χ0n) is 9.10. The Bertz CT molecular complexity index is 335. The number of carboxylic acids is 1. The first-order chi connectivity index (χ1) is 7.19. The maximum atomic E-state index is 10.7. The number of nitrogens with zero attached hydrogens (tertiary/aromatic N) is 2. The van der Waals surface area contributed by atoms with Crippen molar-refractivity contribution in [1.82, 2.24) is 4.98 Å². The van der Waals surface area contributed by atoms with Gasteiger partial charge in [-0.2, -0.15) is 0 Å². The summed E-state index contributed by atoms with van der Waals surface area (Å²) < 4.78 is 0. The van der Waals surface area contributed by atoms with E-state index in [2.05, 4.69) is 23.7 Å². The molecule has 1 N–H and O–H groups in total. The Morgan fingerprint density at radius 2 is 2.13 bits per heavy atom. The van der Waals surface area contributed by atoms with Gasteiger partial charge in [0.2, 0.25) is 0 Å². The quantitative estimate of drug-likeness (QED) is 0.797. The molecule has 82 valence electrons. The molecule has 4 heteroatoms. The predicted molar refractivity (Wildman–Crippen MR) is 59.1 cm³/mol. The van der Waals surface area contributed by atoms with E-state index in [1.54, 1.807) is 12.4 Å². The molecule has 0 amide bonds. The molecule has 0 radical (unpaired) electrons. The van der Waals surface area contributed by atoms with Gasteiger partial charge >= 0.3 is 5.97 Å². The lowest BCUT2D eigenvalue weighted by Crippen LogP contribution is -2.23. The summed E-state index contributed by atoms with van der Waals surface area (Å²) in [4.78, 5) is 16.8. The molecule has 0 aliphatic heterocycles. The van der Waals surface area contributed by atoms with E-state index in [9.17, 15) is 4.79 Å². The van der Waals surface area contributed by atoms with Crippen LogP contribution in [0.2, 0.25) is 0 Å². The minimum absolute atomic E-state index is 0.0275. The first kappa shape index (κ1) is 11.5. The van der Waals surface area contributed by atoms with Crippen LogP contribution >= 0.6 is 0 Å². The second-order valence-corrected chi connectivity index (χ2v) is 3.25. The minimum atomic E-state index is -0.823. The van der Waals surface area contributed by atoms with E-state index in [4.69, 9.17) is 5.11 Å². The fourth-order valence-corrected chi connectivity index (χ4v) is 1.59. The standard InChI is InChI=1S/C11H16N2O2/c1-3-13(4-2)10-5-6-12-8-9(10)7-11(14)15/h5-6,8H,3-4,7H2,1-2H3,(H,14,15). The number of anilines is 1. The number of carboxylic acid groups (broad SMARTS) is 1. The molecule has 0 aromatic carbocycles. The lowest BCUT2D eigenvalue weighted by Gasteiger charge is -2.23. The van der Waals surface area contributed by atoms with Crippen molar-refractivity contribution in [2.45, 2.75) is 20.3 Å². The molecule has 4 nitrogen and oxygen atoms in total. The molecule has 1 aromatic rings. The van der Waals surface area contributed by atoms with Gasteiger partial charge in [0.05, 0.1) is 6.42 Å². The molecule has 0 spiro atoms. The molecular weight excluding hydrogens is 192 g/mol. The summed E-state index contributed by atoms with van der Waals surface area (Å²) in [5.41, 5.74) is 1.74. The minimum Gasteiger partial charge on any atom is -0.481 e. The van der Waals surface area contributed by atoms with Gasteiger partial charge in [0, 0.05) is 36.7 Å². The van der Waals surface area contributed by atoms with Crippen LogP contribution in [0.25, 0.3) is 0 Å². The maximum Gasteiger partial charge on any atom is 0.307 e. The molecule has 0 saturated carbocycles. The second-order valence-electron chi connectivity index (χ2n) is 3.25. The highest BCUT2D eigenvalue weighted by Gasteiger charge is 2.10. The van der Waals surface area contributed by atoms with Crippen molar-refractivity contribution in [1.29, 1.82) is 0 Å². The topological polar surface area (TPSA) is 53.4 Å². The van der Waals surface area contributed by atoms with E-state index in [1.807, 2.05) is 6.07 Å². The molecular formula is C11H16N2O2. The van der Waals surface area contributed by atoms with Crippen LogP contribution in [0.3, 0.4) is 0 Å². The van der Waals surface area contributed by atoms with Crippen LogP contribution in [0.5, 0.6) is 0 Å². The molecule has 0 bridgehead atoms. The first-order valence-corrected chi connectivity index (χ1v) is 5.08. The summed E-state index contributed by atoms with van der Waals surface area (Å²) in [5, 5.41) is 8.77. The van der Waals surface area contributed by atoms with E-state index in [-0.39, 0.29) is 6.42 Å². The van der Waals surface area contributed by atoms with Crippen LogP contribution in [-0.2, 0) is 11.2 Å². The van der Waals surface area contributed by atoms with Crippen molar-refractivity contribution in [3.63, 3.8) is 0 Å². The second kappa shape index (κ2) is 5.34. The van der Waals surface area contributed by atoms with E-state index >= 15 is 0 Å². The third-order valence-corrected chi connectivity index (χ3v) is 2.32. The summed E-state index contributed by atoms with van der Waals surface area (Å²) >= 11 is 0. The predicted octanol–water partition coefficient (Wildman–Crippen LogP) is 1.55. The number of pyridine rings is 1. The molecule has 0 unspecified atom stereocenters. The Kier molecular flexibility index (Phi) is 4.09. The van der Waals surface area contributed by atoms with Crippen molar-refractivity contribution in [2.24, 2.45) is 0 Å². The van der Waals surface area contributed by atoms with Crippen LogP contribution in [0, 0.1) is 0 Å². The highest BCUT2D eigenvalue weighted by Crippen LogP contribution is 2.19. The monoisotopic (exact) mass is 208 g/mol. The molecule has 1 heterocycles. The highest BCUT2D eigenvalue weighted by molar-refractivity contribution is 5.73. The summed E-state index contributed by atoms with van der Waals surface area (Å²) in [7, 11) is 0. The fourth-order valence-electron chi connectivity index (χ4n) is 1.59. The molecule has 0 fully saturated rings. The third kappa shape index (κ3) is 2.94. The number of hydrogen-bond acceptors (Lipinski definition) is 3. The average Bonchev–Trinajstić information content (AvgIpc) is 2.21. The Balaban J connectivity index is 2.99. The summed E-state index contributed by atoms with van der Waals surface area (Å²) in [6.45, 7) is 5.84. The van der Waals surface area contributed by atoms with Gasteiger partial charge in [-0.05, 0) is 19.9 Å². The molecule has 0 atom stereocenters. The van der Waals surface area contributed by atoms with Crippen LogP contribution in [0.4, 0.5) is 5.69 Å². The van der Waals surface area contributed by atoms with Crippen molar-refractivity contribution < 1.29 is 9.90 Å². The van der Waals surface area contributed by atoms with Crippen molar-refractivity contribution in [2.75, 3.05) is 18.0 Å². The zero-order valence-corrected chi connectivity index (χ0v) is 9.10. The molecule has 15 heavy (non-hydrogen) atoms. The van der Waals surface area contributed by atoms with Gasteiger partial charge in [-0.25, -0.2) is 0 Å². The van der Waals surface area contributed by atoms with Crippen molar-refractivity contribution in [3.05, 3.63) is 24.0 Å². The highest BCUT2D eigenvalue weighted by atomic mass is 16.4. The summed E-state index contributed by atoms with van der Waals surface area (Å²) in [6.07, 6.45) is 3.35. The molecule has 0 aliphatic rings. The van der Waals surface area contributed by atoms with Crippen molar-refractivity contribution in [3.8, 4) is 0 Å². The van der Waals surface area contributed by atoms with E-state index in [1.165, 1.54) is 0 Å². The number of hydrogen-bond donors (Lipinski definition) is 1. The van der Waals surface area contributed by atoms with Gasteiger partial charge in [0.1, 0.15) is 0 Å². The van der Waals surface area contributed by atoms with E-state index < -0.39 is 5.97 Å². The van der Waals surface area contributed by atoms with E-state index in [0.29, 0.717) is 0 Å². The fraction of sp³-hybridized carbons (Fsp3) is 0.455. The van der Waals surface area contributed by atoms with Crippen LogP contribution < -0.4 is 4.90 Å². The summed E-state index contributed by atoms with van der Waals surface area (Å²) in [5.74, 6) is -0.823. The van der Waals surface area contributed by atoms with Crippen molar-refractivity contribution >= 4 is 11.7 Å². The largest absolute Gasteiger partial charge is 0.481 e. The molecule has 1 rings (SSSR count). The molecule has 1 aromatic heterocycles. The van der Waals surface area contributed by atoms with Crippen LogP contribution in [-0.4, -0.2) is 29.1 Å². The van der Waals surface area contributed by atoms with Gasteiger partial charge in [0.25, 0.3) is 0 Å².